The lowest BCUT2D eigenvalue weighted by molar-refractivity contribution is 0.209. The number of hydrogen-bond acceptors (Lipinski definition) is 3. The summed E-state index contributed by atoms with van der Waals surface area (Å²) < 4.78 is 4.89. The van der Waals surface area contributed by atoms with Crippen LogP contribution < -0.4 is 11.1 Å². The average molecular weight is 235 g/mol. The van der Waals surface area contributed by atoms with E-state index >= 15 is 0 Å². The Morgan fingerprint density at radius 2 is 2.29 bits per heavy atom. The van der Waals surface area contributed by atoms with Crippen LogP contribution in [0.1, 0.15) is 5.56 Å². The maximum atomic E-state index is 11.3. The zero-order valence-corrected chi connectivity index (χ0v) is 9.61. The summed E-state index contributed by atoms with van der Waals surface area (Å²) in [5, 5.41) is 2.54. The normalized spacial score (nSPS) is 10.5. The molecular formula is C11H13N3O3. The first-order valence-electron chi connectivity index (χ1n) is 5.15. The van der Waals surface area contributed by atoms with Crippen molar-refractivity contribution in [1.82, 2.24) is 15.2 Å². The summed E-state index contributed by atoms with van der Waals surface area (Å²) in [5.41, 5.74) is 2.07. The molecule has 0 fully saturated rings. The van der Waals surface area contributed by atoms with E-state index in [1.165, 1.54) is 0 Å². The van der Waals surface area contributed by atoms with E-state index in [-0.39, 0.29) is 6.03 Å². The van der Waals surface area contributed by atoms with Gasteiger partial charge in [-0.25, -0.2) is 9.59 Å². The van der Waals surface area contributed by atoms with Crippen LogP contribution in [0.3, 0.4) is 0 Å². The van der Waals surface area contributed by atoms with Crippen molar-refractivity contribution < 1.29 is 9.21 Å². The molecule has 0 saturated heterocycles. The number of amides is 2. The van der Waals surface area contributed by atoms with Crippen molar-refractivity contribution in [2.75, 3.05) is 14.1 Å². The molecule has 2 N–H and O–H groups in total. The third-order valence-corrected chi connectivity index (χ3v) is 2.46. The number of aromatic amines is 1. The molecule has 2 aromatic rings. The standard InChI is InChI=1S/C11H13N3O3/c1-12-10(15)14(2)6-7-3-4-9-8(5-7)13-11(16)17-9/h3-5H,6H2,1-2H3,(H,12,15)(H,13,16). The van der Waals surface area contributed by atoms with Gasteiger partial charge in [-0.2, -0.15) is 0 Å². The highest BCUT2D eigenvalue weighted by molar-refractivity contribution is 5.75. The first-order valence-corrected chi connectivity index (χ1v) is 5.15. The largest absolute Gasteiger partial charge is 0.417 e. The molecular weight excluding hydrogens is 222 g/mol. The lowest BCUT2D eigenvalue weighted by Crippen LogP contribution is -2.34. The molecule has 0 aliphatic heterocycles. The summed E-state index contributed by atoms with van der Waals surface area (Å²) in [7, 11) is 3.27. The zero-order valence-electron chi connectivity index (χ0n) is 9.61. The van der Waals surface area contributed by atoms with E-state index in [9.17, 15) is 9.59 Å². The Hall–Kier alpha value is -2.24. The van der Waals surface area contributed by atoms with Crippen LogP contribution in [0.15, 0.2) is 27.4 Å². The van der Waals surface area contributed by atoms with Gasteiger partial charge in [0.1, 0.15) is 0 Å². The van der Waals surface area contributed by atoms with Gasteiger partial charge < -0.3 is 14.6 Å². The van der Waals surface area contributed by atoms with E-state index < -0.39 is 5.76 Å². The van der Waals surface area contributed by atoms with Crippen LogP contribution >= 0.6 is 0 Å². The molecule has 0 atom stereocenters. The minimum absolute atomic E-state index is 0.161. The summed E-state index contributed by atoms with van der Waals surface area (Å²) in [5.74, 6) is -0.475. The molecule has 0 saturated carbocycles. The molecule has 6 nitrogen and oxygen atoms in total. The monoisotopic (exact) mass is 235 g/mol. The van der Waals surface area contributed by atoms with Gasteiger partial charge in [0.25, 0.3) is 0 Å². The highest BCUT2D eigenvalue weighted by atomic mass is 16.4. The topological polar surface area (TPSA) is 78.3 Å². The molecule has 17 heavy (non-hydrogen) atoms. The molecule has 0 aliphatic rings. The maximum absolute atomic E-state index is 11.3. The van der Waals surface area contributed by atoms with Crippen molar-refractivity contribution in [2.24, 2.45) is 0 Å². The molecule has 0 unspecified atom stereocenters. The van der Waals surface area contributed by atoms with Crippen LogP contribution in [0, 0.1) is 0 Å². The number of benzene rings is 1. The second-order valence-corrected chi connectivity index (χ2v) is 3.76. The second kappa shape index (κ2) is 4.32. The minimum atomic E-state index is -0.475. The number of nitrogens with one attached hydrogen (secondary N) is 2. The summed E-state index contributed by atoms with van der Waals surface area (Å²) in [4.78, 5) is 26.4. The fourth-order valence-corrected chi connectivity index (χ4v) is 1.63. The van der Waals surface area contributed by atoms with Gasteiger partial charge in [-0.15, -0.1) is 0 Å². The van der Waals surface area contributed by atoms with Crippen LogP contribution in [0.4, 0.5) is 4.79 Å². The zero-order chi connectivity index (χ0) is 12.4. The van der Waals surface area contributed by atoms with Crippen molar-refractivity contribution in [2.45, 2.75) is 6.54 Å². The molecule has 0 spiro atoms. The van der Waals surface area contributed by atoms with Crippen molar-refractivity contribution in [3.63, 3.8) is 0 Å². The van der Waals surface area contributed by atoms with E-state index in [4.69, 9.17) is 4.42 Å². The Morgan fingerprint density at radius 1 is 1.53 bits per heavy atom. The van der Waals surface area contributed by atoms with Crippen LogP contribution in [0.25, 0.3) is 11.1 Å². The minimum Gasteiger partial charge on any atom is -0.408 e. The van der Waals surface area contributed by atoms with Gasteiger partial charge in [0.15, 0.2) is 5.58 Å². The number of aromatic nitrogens is 1. The Balaban J connectivity index is 2.24. The van der Waals surface area contributed by atoms with Gasteiger partial charge in [0, 0.05) is 20.6 Å². The van der Waals surface area contributed by atoms with Crippen molar-refractivity contribution >= 4 is 17.1 Å². The van der Waals surface area contributed by atoms with Crippen LogP contribution in [0.5, 0.6) is 0 Å². The second-order valence-electron chi connectivity index (χ2n) is 3.76. The van der Waals surface area contributed by atoms with Gasteiger partial charge >= 0.3 is 11.8 Å². The molecule has 90 valence electrons. The van der Waals surface area contributed by atoms with Crippen LogP contribution in [-0.4, -0.2) is 30.0 Å². The van der Waals surface area contributed by atoms with E-state index in [0.29, 0.717) is 17.6 Å². The maximum Gasteiger partial charge on any atom is 0.417 e. The number of fused-ring (bicyclic) bond motifs is 1. The van der Waals surface area contributed by atoms with Crippen LogP contribution in [0.2, 0.25) is 0 Å². The Morgan fingerprint density at radius 3 is 3.00 bits per heavy atom. The fraction of sp³-hybridized carbons (Fsp3) is 0.273. The van der Waals surface area contributed by atoms with E-state index in [1.54, 1.807) is 31.1 Å². The molecule has 0 radical (unpaired) electrons. The number of nitrogens with zero attached hydrogens (tertiary/aromatic N) is 1. The smallest absolute Gasteiger partial charge is 0.408 e. The predicted octanol–water partition coefficient (Wildman–Crippen LogP) is 0.892. The molecule has 0 aliphatic carbocycles. The molecule has 1 heterocycles. The molecule has 6 heteroatoms. The van der Waals surface area contributed by atoms with Crippen molar-refractivity contribution in [3.05, 3.63) is 34.3 Å². The Labute approximate surface area is 97.2 Å². The molecule has 1 aromatic heterocycles. The Kier molecular flexibility index (Phi) is 2.86. The highest BCUT2D eigenvalue weighted by Crippen LogP contribution is 2.13. The first kappa shape index (κ1) is 11.3. The predicted molar refractivity (Wildman–Crippen MR) is 62.8 cm³/mol. The van der Waals surface area contributed by atoms with Crippen molar-refractivity contribution in [1.29, 1.82) is 0 Å². The first-order chi connectivity index (χ1) is 8.10. The number of carbonyl (C=O) groups excluding carboxylic acids is 1. The van der Waals surface area contributed by atoms with Gasteiger partial charge in [-0.3, -0.25) is 4.98 Å². The number of oxazole rings is 1. The van der Waals surface area contributed by atoms with Gasteiger partial charge in [-0.05, 0) is 17.7 Å². The van der Waals surface area contributed by atoms with Crippen molar-refractivity contribution in [3.8, 4) is 0 Å². The number of H-pyrrole nitrogens is 1. The quantitative estimate of drug-likeness (QED) is 0.811. The average Bonchev–Trinajstić information content (AvgIpc) is 2.67. The number of rotatable bonds is 2. The number of carbonyl (C=O) groups is 1. The van der Waals surface area contributed by atoms with Gasteiger partial charge in [0.2, 0.25) is 0 Å². The van der Waals surface area contributed by atoms with Gasteiger partial charge in [0.05, 0.1) is 5.52 Å². The molecule has 0 bridgehead atoms. The van der Waals surface area contributed by atoms with E-state index in [1.807, 2.05) is 6.07 Å². The lowest BCUT2D eigenvalue weighted by atomic mass is 10.2. The van der Waals surface area contributed by atoms with Crippen LogP contribution in [-0.2, 0) is 6.54 Å². The summed E-state index contributed by atoms with van der Waals surface area (Å²) in [6.45, 7) is 0.461. The number of hydrogen-bond donors (Lipinski definition) is 2. The molecule has 1 aromatic carbocycles. The molecule has 2 rings (SSSR count). The van der Waals surface area contributed by atoms with Gasteiger partial charge in [-0.1, -0.05) is 6.07 Å². The fourth-order valence-electron chi connectivity index (χ4n) is 1.63. The Bertz CT molecular complexity index is 599. The number of urea groups is 1. The van der Waals surface area contributed by atoms with E-state index in [0.717, 1.165) is 5.56 Å². The molecule has 2 amide bonds. The summed E-state index contributed by atoms with van der Waals surface area (Å²) >= 11 is 0. The highest BCUT2D eigenvalue weighted by Gasteiger charge is 2.08. The lowest BCUT2D eigenvalue weighted by Gasteiger charge is -2.16. The summed E-state index contributed by atoms with van der Waals surface area (Å²) in [6.07, 6.45) is 0. The third-order valence-electron chi connectivity index (χ3n) is 2.46. The third kappa shape index (κ3) is 2.30. The van der Waals surface area contributed by atoms with E-state index in [2.05, 4.69) is 10.3 Å². The SMILES string of the molecule is CNC(=O)N(C)Cc1ccc2oc(=O)[nH]c2c1. The summed E-state index contributed by atoms with van der Waals surface area (Å²) in [6, 6.07) is 5.16.